The topological polar surface area (TPSA) is 58.7 Å². The maximum atomic E-state index is 10.3. The molecule has 4 heteroatoms. The molecule has 0 radical (unpaired) electrons. The average molecular weight is 214 g/mol. The van der Waals surface area contributed by atoms with E-state index in [1.165, 1.54) is 0 Å². The Bertz CT molecular complexity index is 211. The minimum Gasteiger partial charge on any atom is -0.388 e. The van der Waals surface area contributed by atoms with Gasteiger partial charge < -0.3 is 20.5 Å². The highest BCUT2D eigenvalue weighted by Crippen LogP contribution is 2.27. The maximum absolute atomic E-state index is 10.3. The van der Waals surface area contributed by atoms with Gasteiger partial charge in [0, 0.05) is 44.7 Å². The van der Waals surface area contributed by atoms with Crippen LogP contribution in [0, 0.1) is 0 Å². The summed E-state index contributed by atoms with van der Waals surface area (Å²) < 4.78 is 5.27. The first-order valence-electron chi connectivity index (χ1n) is 5.85. The summed E-state index contributed by atoms with van der Waals surface area (Å²) in [4.78, 5) is 2.26. The lowest BCUT2D eigenvalue weighted by Gasteiger charge is -2.43. The molecule has 2 fully saturated rings. The smallest absolute Gasteiger partial charge is 0.0817 e. The number of rotatable bonds is 3. The Balaban J connectivity index is 1.79. The zero-order chi connectivity index (χ0) is 10.9. The molecule has 0 bridgehead atoms. The molecule has 1 aliphatic heterocycles. The van der Waals surface area contributed by atoms with E-state index in [0.29, 0.717) is 25.3 Å². The Morgan fingerprint density at radius 3 is 2.53 bits per heavy atom. The van der Waals surface area contributed by atoms with Crippen molar-refractivity contribution in [2.24, 2.45) is 5.73 Å². The summed E-state index contributed by atoms with van der Waals surface area (Å²) in [6.45, 7) is 2.14. The predicted octanol–water partition coefficient (Wildman–Crippen LogP) is -0.0506. The van der Waals surface area contributed by atoms with Gasteiger partial charge in [0.25, 0.3) is 0 Å². The number of likely N-dealkylation sites (N-methyl/N-ethyl adjacent to an activating group) is 1. The van der Waals surface area contributed by atoms with Crippen molar-refractivity contribution in [3.8, 4) is 0 Å². The van der Waals surface area contributed by atoms with Crippen LogP contribution >= 0.6 is 0 Å². The van der Waals surface area contributed by atoms with E-state index in [2.05, 4.69) is 11.9 Å². The van der Waals surface area contributed by atoms with Crippen LogP contribution in [0.2, 0.25) is 0 Å². The first-order chi connectivity index (χ1) is 7.09. The monoisotopic (exact) mass is 214 g/mol. The number of hydrogen-bond acceptors (Lipinski definition) is 4. The van der Waals surface area contributed by atoms with Gasteiger partial charge in [0.05, 0.1) is 5.60 Å². The largest absolute Gasteiger partial charge is 0.388 e. The van der Waals surface area contributed by atoms with E-state index in [-0.39, 0.29) is 0 Å². The fourth-order valence-electron chi connectivity index (χ4n) is 2.49. The molecule has 3 N–H and O–H groups in total. The molecule has 1 saturated carbocycles. The fraction of sp³-hybridized carbons (Fsp3) is 1.00. The normalized spacial score (nSPS) is 35.2. The minimum atomic E-state index is -0.535. The number of hydrogen-bond donors (Lipinski definition) is 2. The highest BCUT2D eigenvalue weighted by Gasteiger charge is 2.36. The van der Waals surface area contributed by atoms with Gasteiger partial charge >= 0.3 is 0 Å². The van der Waals surface area contributed by atoms with Crippen molar-refractivity contribution in [3.63, 3.8) is 0 Å². The lowest BCUT2D eigenvalue weighted by molar-refractivity contribution is -0.0859. The fourth-order valence-corrected chi connectivity index (χ4v) is 2.49. The Labute approximate surface area is 91.4 Å². The van der Waals surface area contributed by atoms with Crippen molar-refractivity contribution in [1.82, 2.24) is 4.90 Å². The Morgan fingerprint density at radius 2 is 2.00 bits per heavy atom. The highest BCUT2D eigenvalue weighted by atomic mass is 16.5. The second-order valence-electron chi connectivity index (χ2n) is 5.14. The molecule has 0 amide bonds. The zero-order valence-electron chi connectivity index (χ0n) is 9.48. The van der Waals surface area contributed by atoms with Crippen LogP contribution in [0.4, 0.5) is 0 Å². The van der Waals surface area contributed by atoms with Gasteiger partial charge in [0.15, 0.2) is 0 Å². The molecule has 1 saturated heterocycles. The van der Waals surface area contributed by atoms with Crippen molar-refractivity contribution in [2.75, 3.05) is 26.8 Å². The number of aliphatic hydroxyl groups is 1. The average Bonchev–Trinajstić information content (AvgIpc) is 2.13. The van der Waals surface area contributed by atoms with E-state index in [4.69, 9.17) is 10.5 Å². The lowest BCUT2D eigenvalue weighted by Crippen LogP contribution is -2.54. The van der Waals surface area contributed by atoms with Crippen molar-refractivity contribution < 1.29 is 9.84 Å². The van der Waals surface area contributed by atoms with E-state index >= 15 is 0 Å². The van der Waals surface area contributed by atoms with Gasteiger partial charge in [0.2, 0.25) is 0 Å². The van der Waals surface area contributed by atoms with Crippen LogP contribution in [0.3, 0.4) is 0 Å². The molecule has 2 aliphatic rings. The zero-order valence-corrected chi connectivity index (χ0v) is 9.48. The predicted molar refractivity (Wildman–Crippen MR) is 58.6 cm³/mol. The Kier molecular flexibility index (Phi) is 3.30. The van der Waals surface area contributed by atoms with Gasteiger partial charge in [0.1, 0.15) is 0 Å². The van der Waals surface area contributed by atoms with Crippen molar-refractivity contribution in [2.45, 2.75) is 43.4 Å². The maximum Gasteiger partial charge on any atom is 0.0817 e. The third-order valence-electron chi connectivity index (χ3n) is 3.74. The molecule has 2 rings (SSSR count). The molecular weight excluding hydrogens is 192 g/mol. The summed E-state index contributed by atoms with van der Waals surface area (Å²) in [6.07, 6.45) is 3.67. The molecule has 0 unspecified atom stereocenters. The SMILES string of the molecule is CN(CC1(O)CCOCC1)C1CC(N)C1. The van der Waals surface area contributed by atoms with Gasteiger partial charge in [-0.1, -0.05) is 0 Å². The lowest BCUT2D eigenvalue weighted by atomic mass is 9.85. The van der Waals surface area contributed by atoms with E-state index in [1.54, 1.807) is 0 Å². The summed E-state index contributed by atoms with van der Waals surface area (Å²) >= 11 is 0. The van der Waals surface area contributed by atoms with Gasteiger partial charge in [-0.15, -0.1) is 0 Å². The van der Waals surface area contributed by atoms with Crippen LogP contribution in [0.25, 0.3) is 0 Å². The van der Waals surface area contributed by atoms with Crippen LogP contribution in [0.1, 0.15) is 25.7 Å². The molecule has 0 aromatic carbocycles. The molecule has 0 spiro atoms. The van der Waals surface area contributed by atoms with Crippen molar-refractivity contribution >= 4 is 0 Å². The molecule has 0 aromatic heterocycles. The molecule has 4 nitrogen and oxygen atoms in total. The second kappa shape index (κ2) is 4.37. The molecule has 1 heterocycles. The third kappa shape index (κ3) is 2.69. The number of nitrogens with two attached hydrogens (primary N) is 1. The molecule has 15 heavy (non-hydrogen) atoms. The summed E-state index contributed by atoms with van der Waals surface area (Å²) in [5, 5.41) is 10.3. The Hall–Kier alpha value is -0.160. The summed E-state index contributed by atoms with van der Waals surface area (Å²) in [5.41, 5.74) is 5.23. The molecule has 88 valence electrons. The van der Waals surface area contributed by atoms with Crippen LogP contribution in [-0.2, 0) is 4.74 Å². The second-order valence-corrected chi connectivity index (χ2v) is 5.14. The molecule has 1 aliphatic carbocycles. The van der Waals surface area contributed by atoms with Gasteiger partial charge in [-0.05, 0) is 19.9 Å². The number of ether oxygens (including phenoxy) is 1. The van der Waals surface area contributed by atoms with Crippen molar-refractivity contribution in [1.29, 1.82) is 0 Å². The first kappa shape index (κ1) is 11.3. The summed E-state index contributed by atoms with van der Waals surface area (Å²) in [6, 6.07) is 0.952. The third-order valence-corrected chi connectivity index (χ3v) is 3.74. The first-order valence-corrected chi connectivity index (χ1v) is 5.85. The quantitative estimate of drug-likeness (QED) is 0.691. The minimum absolute atomic E-state index is 0.377. The molecular formula is C11H22N2O2. The van der Waals surface area contributed by atoms with Crippen LogP contribution in [0.5, 0.6) is 0 Å². The van der Waals surface area contributed by atoms with E-state index < -0.39 is 5.60 Å². The summed E-state index contributed by atoms with van der Waals surface area (Å²) in [5.74, 6) is 0. The highest BCUT2D eigenvalue weighted by molar-refractivity contribution is 4.92. The van der Waals surface area contributed by atoms with Crippen LogP contribution in [-0.4, -0.2) is 54.5 Å². The molecule has 0 aromatic rings. The van der Waals surface area contributed by atoms with Gasteiger partial charge in [-0.25, -0.2) is 0 Å². The van der Waals surface area contributed by atoms with E-state index in [1.807, 2.05) is 0 Å². The standard InChI is InChI=1S/C11H22N2O2/c1-13(10-6-9(12)7-10)8-11(14)2-4-15-5-3-11/h9-10,14H,2-8,12H2,1H3. The van der Waals surface area contributed by atoms with Gasteiger partial charge in [-0.2, -0.15) is 0 Å². The number of nitrogens with zero attached hydrogens (tertiary/aromatic N) is 1. The van der Waals surface area contributed by atoms with Crippen molar-refractivity contribution in [3.05, 3.63) is 0 Å². The summed E-state index contributed by atoms with van der Waals surface area (Å²) in [7, 11) is 2.09. The van der Waals surface area contributed by atoms with E-state index in [0.717, 1.165) is 32.2 Å². The Morgan fingerprint density at radius 1 is 1.40 bits per heavy atom. The van der Waals surface area contributed by atoms with Crippen LogP contribution < -0.4 is 5.73 Å². The molecule has 0 atom stereocenters. The van der Waals surface area contributed by atoms with Crippen LogP contribution in [0.15, 0.2) is 0 Å². The van der Waals surface area contributed by atoms with E-state index in [9.17, 15) is 5.11 Å². The van der Waals surface area contributed by atoms with Gasteiger partial charge in [-0.3, -0.25) is 0 Å².